The first-order chi connectivity index (χ1) is 28.6. The minimum atomic E-state index is -2.01. The van der Waals surface area contributed by atoms with E-state index < -0.39 is 50.6 Å². The molecule has 0 spiro atoms. The largest absolute Gasteiger partial charge is 0.420 e. The average molecular weight is 981 g/mol. The van der Waals surface area contributed by atoms with Gasteiger partial charge in [0.25, 0.3) is 0 Å². The molecule has 0 radical (unpaired) electrons. The molecule has 2 amide bonds. The molecule has 0 saturated heterocycles. The van der Waals surface area contributed by atoms with E-state index in [4.69, 9.17) is 39.8 Å². The Bertz CT molecular complexity index is 1020. The first kappa shape index (κ1) is 65.4. The van der Waals surface area contributed by atoms with Crippen LogP contribution in [0.25, 0.3) is 0 Å². The molecule has 370 valence electrons. The zero-order chi connectivity index (χ0) is 47.3. The molecule has 0 fully saturated rings. The molecule has 0 aliphatic carbocycles. The van der Waals surface area contributed by atoms with Crippen molar-refractivity contribution < 1.29 is 44.6 Å². The van der Waals surface area contributed by atoms with E-state index in [0.717, 1.165) is 89.1 Å². The second-order valence-electron chi connectivity index (χ2n) is 17.9. The van der Waals surface area contributed by atoms with Crippen LogP contribution in [-0.2, 0) is 39.8 Å². The van der Waals surface area contributed by atoms with E-state index in [-0.39, 0.29) is 6.03 Å². The summed E-state index contributed by atoms with van der Waals surface area (Å²) in [7, 11) is 5.87. The van der Waals surface area contributed by atoms with Gasteiger partial charge in [0.1, 0.15) is 0 Å². The molecule has 0 aliphatic heterocycles. The monoisotopic (exact) mass is 980 g/mol. The molecular weight excluding hydrogens is 879 g/mol. The van der Waals surface area contributed by atoms with Crippen molar-refractivity contribution in [1.82, 2.24) is 26.6 Å². The van der Waals surface area contributed by atoms with Crippen LogP contribution in [0.2, 0.25) is 95.2 Å². The van der Waals surface area contributed by atoms with Crippen LogP contribution in [0.5, 0.6) is 0 Å². The molecule has 0 rings (SSSR count). The van der Waals surface area contributed by atoms with Gasteiger partial charge in [0.2, 0.25) is 0 Å². The molecule has 15 nitrogen and oxygen atoms in total. The van der Waals surface area contributed by atoms with Gasteiger partial charge in [-0.15, -0.1) is 0 Å². The van der Waals surface area contributed by atoms with E-state index >= 15 is 0 Å². The second kappa shape index (κ2) is 38.2. The highest BCUT2D eigenvalue weighted by Gasteiger charge is 2.29. The standard InChI is InChI=1S/C15H38N2O3Si2.C13H32N2O4Si2.C12H31NO3Si2/c1-18-21(4,5)14-8-12-16-10-7-11-17-13-9-15-22(6,19-2)20-3;1-17-20(4,5)11-7-9-14-13(16)15-10-8-12-21(6,18-2)19-3;1-14-17(4,5)11-7-9-13-10-8-12-18(6,15-2)16-3/h16-17H,7-15H2,1-6H3;7-12H2,1-6H3,(H2,14,15,16);13H,7-12H2,1-6H3. The maximum Gasteiger partial charge on any atom is 0.334 e. The van der Waals surface area contributed by atoms with E-state index in [1.165, 1.54) is 31.4 Å². The van der Waals surface area contributed by atoms with Crippen molar-refractivity contribution in [3.8, 4) is 0 Å². The molecule has 0 aromatic heterocycles. The molecule has 0 bridgehead atoms. The van der Waals surface area contributed by atoms with Gasteiger partial charge < -0.3 is 66.4 Å². The Hall–Kier alpha value is 0.0913. The lowest BCUT2D eigenvalue weighted by Gasteiger charge is -2.22. The van der Waals surface area contributed by atoms with Gasteiger partial charge in [-0.3, -0.25) is 0 Å². The van der Waals surface area contributed by atoms with Crippen LogP contribution >= 0.6 is 0 Å². The topological polar surface area (TPSA) is 160 Å². The summed E-state index contributed by atoms with van der Waals surface area (Å²) < 4.78 is 49.2. The summed E-state index contributed by atoms with van der Waals surface area (Å²) in [6, 6.07) is 6.36. The zero-order valence-corrected chi connectivity index (χ0v) is 48.9. The average Bonchev–Trinajstić information content (AvgIpc) is 3.25. The van der Waals surface area contributed by atoms with Gasteiger partial charge in [0.05, 0.1) is 0 Å². The number of hydrogen-bond acceptors (Lipinski definition) is 13. The number of carbonyl (C=O) groups is 1. The lowest BCUT2D eigenvalue weighted by Crippen LogP contribution is -2.39. The van der Waals surface area contributed by atoms with Gasteiger partial charge in [-0.25, -0.2) is 4.79 Å². The normalized spacial score (nSPS) is 12.7. The minimum Gasteiger partial charge on any atom is -0.420 e. The summed E-state index contributed by atoms with van der Waals surface area (Å²) in [5.74, 6) is 0. The second-order valence-corrected chi connectivity index (χ2v) is 42.0. The molecule has 0 aliphatic rings. The molecule has 5 N–H and O–H groups in total. The Morgan fingerprint density at radius 2 is 0.525 bits per heavy atom. The summed E-state index contributed by atoms with van der Waals surface area (Å²) in [6.07, 6.45) is 7.66. The van der Waals surface area contributed by atoms with Crippen LogP contribution in [0.1, 0.15) is 44.9 Å². The van der Waals surface area contributed by atoms with Gasteiger partial charge in [-0.1, -0.05) is 0 Å². The predicted octanol–water partition coefficient (Wildman–Crippen LogP) is 7.41. The van der Waals surface area contributed by atoms with Crippen molar-refractivity contribution in [3.05, 3.63) is 0 Å². The molecule has 0 heterocycles. The quantitative estimate of drug-likeness (QED) is 0.0310. The number of urea groups is 1. The third kappa shape index (κ3) is 40.1. The van der Waals surface area contributed by atoms with Gasteiger partial charge in [-0.05, 0) is 179 Å². The molecule has 0 atom stereocenters. The number of nitrogens with one attached hydrogen (secondary N) is 5. The fraction of sp³-hybridized carbons (Fsp3) is 0.975. The van der Waals surface area contributed by atoms with Gasteiger partial charge in [0.15, 0.2) is 25.0 Å². The van der Waals surface area contributed by atoms with E-state index in [1.54, 1.807) is 49.8 Å². The first-order valence-electron chi connectivity index (χ1n) is 22.7. The molecule has 21 heteroatoms. The Morgan fingerprint density at radius 3 is 0.770 bits per heavy atom. The highest BCUT2D eigenvalue weighted by atomic mass is 28.4. The smallest absolute Gasteiger partial charge is 0.334 e. The molecule has 0 saturated carbocycles. The number of hydrogen-bond donors (Lipinski definition) is 5. The van der Waals surface area contributed by atoms with Crippen LogP contribution in [0.4, 0.5) is 4.79 Å². The maximum absolute atomic E-state index is 11.6. The predicted molar refractivity (Wildman–Crippen MR) is 272 cm³/mol. The third-order valence-electron chi connectivity index (χ3n) is 11.5. The Labute approximate surface area is 382 Å². The van der Waals surface area contributed by atoms with Crippen LogP contribution < -0.4 is 26.6 Å². The Balaban J connectivity index is -0.000000832. The van der Waals surface area contributed by atoms with Crippen LogP contribution in [0, 0.1) is 0 Å². The molecule has 61 heavy (non-hydrogen) atoms. The fourth-order valence-corrected chi connectivity index (χ4v) is 13.5. The zero-order valence-electron chi connectivity index (χ0n) is 42.9. The number of carbonyl (C=O) groups excluding carboxylic acids is 1. The van der Waals surface area contributed by atoms with Crippen molar-refractivity contribution in [2.24, 2.45) is 0 Å². The van der Waals surface area contributed by atoms with Crippen molar-refractivity contribution in [2.45, 2.75) is 140 Å². The van der Waals surface area contributed by atoms with E-state index in [2.05, 4.69) is 79.0 Å². The SMILES string of the molecule is CO[Si](C)(C)CCCNC(=O)NCCC[Si](C)(OC)OC.CO[Si](C)(C)CCCNCCCNCCC[Si](C)(OC)OC.CO[Si](C)(C)CCCNCCC[Si](C)(OC)OC. The summed E-state index contributed by atoms with van der Waals surface area (Å²) in [5, 5.41) is 16.2. The molecule has 0 aromatic carbocycles. The summed E-state index contributed by atoms with van der Waals surface area (Å²) >= 11 is 0. The Kier molecular flexibility index (Phi) is 41.0. The number of rotatable bonds is 37. The van der Waals surface area contributed by atoms with Crippen LogP contribution in [0.15, 0.2) is 0 Å². The van der Waals surface area contributed by atoms with E-state index in [1.807, 2.05) is 20.8 Å². The van der Waals surface area contributed by atoms with Crippen molar-refractivity contribution in [1.29, 1.82) is 0 Å². The minimum absolute atomic E-state index is 0.106. The van der Waals surface area contributed by atoms with E-state index in [9.17, 15) is 4.79 Å². The summed E-state index contributed by atoms with van der Waals surface area (Å²) in [4.78, 5) is 11.6. The highest BCUT2D eigenvalue weighted by Crippen LogP contribution is 2.16. The summed E-state index contributed by atoms with van der Waals surface area (Å²) in [6.45, 7) is 27.5. The summed E-state index contributed by atoms with van der Waals surface area (Å²) in [5.41, 5.74) is 0. The van der Waals surface area contributed by atoms with E-state index in [0.29, 0.717) is 13.1 Å². The van der Waals surface area contributed by atoms with Crippen molar-refractivity contribution in [3.63, 3.8) is 0 Å². The molecule has 0 unspecified atom stereocenters. The Morgan fingerprint density at radius 1 is 0.311 bits per heavy atom. The van der Waals surface area contributed by atoms with Gasteiger partial charge >= 0.3 is 31.7 Å². The highest BCUT2D eigenvalue weighted by molar-refractivity contribution is 6.72. The lowest BCUT2D eigenvalue weighted by molar-refractivity contribution is 0.238. The first-order valence-corrected chi connectivity index (χ1v) is 39.6. The molecule has 0 aromatic rings. The fourth-order valence-electron chi connectivity index (χ4n) is 5.62. The maximum atomic E-state index is 11.6. The van der Waals surface area contributed by atoms with Crippen molar-refractivity contribution in [2.75, 3.05) is 116 Å². The van der Waals surface area contributed by atoms with Gasteiger partial charge in [-0.2, -0.15) is 0 Å². The lowest BCUT2D eigenvalue weighted by atomic mass is 10.4. The van der Waals surface area contributed by atoms with Crippen molar-refractivity contribution >= 4 is 56.7 Å². The third-order valence-corrected chi connectivity index (χ3v) is 28.5. The number of amides is 2. The van der Waals surface area contributed by atoms with Gasteiger partial charge in [0, 0.05) is 77.1 Å². The van der Waals surface area contributed by atoms with Crippen LogP contribution in [0.3, 0.4) is 0 Å². The molecular formula is C40H101N5O10Si6. The van der Waals surface area contributed by atoms with Crippen LogP contribution in [-0.4, -0.2) is 173 Å².